The third kappa shape index (κ3) is 12.3. The summed E-state index contributed by atoms with van der Waals surface area (Å²) in [7, 11) is -4.02. The molecule has 0 amide bonds. The first-order valence-corrected chi connectivity index (χ1v) is 32.9. The standard InChI is InChI=1S/C78H92O6P2/c1-71(2,3)63-47-55(75(13,14)51-33-25-21-26-34-51)43-59(67(63)81-85-79-41-42-80-85)60-44-56(76(15,16)52-35-27-22-28-36-52)48-64(72(4,5)6)68(60)82-86-83-69-61(45-57(49-65(69)73(7,8)9)77(17,18)53-37-29-23-30-38-53)62-46-58(50-66(70(62)84-86)74(10,11)12)78(19,20)54-39-31-24-32-40-54/h21-40,43-50H,41-42H2,1-20H3. The molecular weight excluding hydrogens is 1090 g/mol. The van der Waals surface area contributed by atoms with Gasteiger partial charge >= 0.3 is 16.8 Å². The molecule has 0 radical (unpaired) electrons. The molecule has 2 heterocycles. The van der Waals surface area contributed by atoms with E-state index >= 15 is 0 Å². The van der Waals surface area contributed by atoms with Gasteiger partial charge in [-0.05, 0) is 90.4 Å². The molecule has 6 nitrogen and oxygen atoms in total. The van der Waals surface area contributed by atoms with Crippen LogP contribution in [-0.2, 0) is 52.4 Å². The number of rotatable bonds is 13. The van der Waals surface area contributed by atoms with Gasteiger partial charge in [-0.15, -0.1) is 0 Å². The largest absolute Gasteiger partial charge is 0.453 e. The number of fused-ring (bicyclic) bond motifs is 3. The van der Waals surface area contributed by atoms with Gasteiger partial charge < -0.3 is 26.5 Å². The Hall–Kier alpha value is -6.39. The van der Waals surface area contributed by atoms with Gasteiger partial charge in [-0.1, -0.05) is 284 Å². The van der Waals surface area contributed by atoms with Crippen LogP contribution in [0.3, 0.4) is 0 Å². The van der Waals surface area contributed by atoms with Crippen molar-refractivity contribution >= 4 is 38.8 Å². The lowest BCUT2D eigenvalue weighted by Crippen LogP contribution is -2.23. The average molecular weight is 1190 g/mol. The summed E-state index contributed by atoms with van der Waals surface area (Å²) >= 11 is 0. The second kappa shape index (κ2) is 23.0. The average Bonchev–Trinajstić information content (AvgIpc) is 1.23. The lowest BCUT2D eigenvalue weighted by molar-refractivity contribution is 0.350. The summed E-state index contributed by atoms with van der Waals surface area (Å²) in [5, 5.41) is 1.96. The molecule has 0 spiro atoms. The summed E-state index contributed by atoms with van der Waals surface area (Å²) in [6, 6.07) is 62.3. The van der Waals surface area contributed by atoms with Crippen LogP contribution in [0.4, 0.5) is 0 Å². The van der Waals surface area contributed by atoms with Crippen LogP contribution in [0.15, 0.2) is 178 Å². The predicted molar refractivity (Wildman–Crippen MR) is 363 cm³/mol. The van der Waals surface area contributed by atoms with Gasteiger partial charge in [-0.3, -0.25) is 0 Å². The summed E-state index contributed by atoms with van der Waals surface area (Å²) in [6.45, 7) is 46.9. The van der Waals surface area contributed by atoms with E-state index in [1.54, 1.807) is 0 Å². The van der Waals surface area contributed by atoms with Crippen molar-refractivity contribution in [3.05, 3.63) is 237 Å². The Bertz CT molecular complexity index is 3820. The van der Waals surface area contributed by atoms with E-state index < -0.39 is 38.5 Å². The van der Waals surface area contributed by atoms with Crippen LogP contribution in [0.25, 0.3) is 33.1 Å². The molecule has 1 aliphatic heterocycles. The highest BCUT2D eigenvalue weighted by Crippen LogP contribution is 2.57. The summed E-state index contributed by atoms with van der Waals surface area (Å²) < 4.78 is 43.3. The lowest BCUT2D eigenvalue weighted by atomic mass is 9.72. The molecule has 9 aromatic rings. The maximum Gasteiger partial charge on any atom is 0.453 e. The first-order valence-electron chi connectivity index (χ1n) is 30.8. The van der Waals surface area contributed by atoms with E-state index in [0.29, 0.717) is 24.7 Å². The summed E-state index contributed by atoms with van der Waals surface area (Å²) in [5.74, 6) is 1.37. The summed E-state index contributed by atoms with van der Waals surface area (Å²) in [5.41, 5.74) is 13.7. The van der Waals surface area contributed by atoms with Crippen molar-refractivity contribution in [1.82, 2.24) is 0 Å². The lowest BCUT2D eigenvalue weighted by Gasteiger charge is -2.34. The van der Waals surface area contributed by atoms with E-state index in [-0.39, 0.29) is 21.7 Å². The first kappa shape index (κ1) is 62.7. The highest BCUT2D eigenvalue weighted by Gasteiger charge is 2.38. The summed E-state index contributed by atoms with van der Waals surface area (Å²) in [6.07, 6.45) is 0. The topological polar surface area (TPSA) is 63.2 Å². The van der Waals surface area contributed by atoms with Gasteiger partial charge in [-0.25, -0.2) is 0 Å². The van der Waals surface area contributed by atoms with Crippen molar-refractivity contribution in [2.75, 3.05) is 13.2 Å². The number of hydrogen-bond acceptors (Lipinski definition) is 6. The van der Waals surface area contributed by atoms with Crippen LogP contribution in [-0.4, -0.2) is 13.2 Å². The zero-order valence-electron chi connectivity index (χ0n) is 54.9. The van der Waals surface area contributed by atoms with E-state index in [4.69, 9.17) is 26.5 Å². The molecule has 0 atom stereocenters. The molecule has 1 fully saturated rings. The van der Waals surface area contributed by atoms with Crippen LogP contribution in [0.2, 0.25) is 0 Å². The normalized spacial score (nSPS) is 14.3. The van der Waals surface area contributed by atoms with Gasteiger partial charge in [0, 0.05) is 65.8 Å². The third-order valence-electron chi connectivity index (χ3n) is 18.2. The SMILES string of the molecule is CC(C)(C)c1cc(C(C)(C)c2ccccc2)cc(-c2cc(C(C)(C)c3ccccc3)cc(C(C)(C)C)c2Op2oc3c(C(C)(C)C)cc(C(C)(C)c4ccccc4)cc3c3cc(C(C)(C)c4ccccc4)cc(C(C)(C)C)c3o2)c1OP1OCCO1. The molecule has 1 saturated heterocycles. The maximum absolute atomic E-state index is 8.00. The highest BCUT2D eigenvalue weighted by atomic mass is 31.2. The van der Waals surface area contributed by atoms with Gasteiger partial charge in [0.15, 0.2) is 0 Å². The van der Waals surface area contributed by atoms with Crippen LogP contribution >= 0.6 is 16.8 Å². The van der Waals surface area contributed by atoms with Gasteiger partial charge in [0.2, 0.25) is 0 Å². The molecule has 10 rings (SSSR count). The highest BCUT2D eigenvalue weighted by molar-refractivity contribution is 7.42. The van der Waals surface area contributed by atoms with Gasteiger partial charge in [0.25, 0.3) is 0 Å². The Balaban J connectivity index is 1.39. The van der Waals surface area contributed by atoms with Crippen molar-refractivity contribution in [2.24, 2.45) is 0 Å². The quantitative estimate of drug-likeness (QED) is 0.107. The molecule has 86 heavy (non-hydrogen) atoms. The van der Waals surface area contributed by atoms with Crippen LogP contribution in [0, 0.1) is 0 Å². The molecule has 1 aromatic heterocycles. The predicted octanol–water partition coefficient (Wildman–Crippen LogP) is 22.9. The minimum Gasteiger partial charge on any atom is -0.426 e. The fourth-order valence-corrected chi connectivity index (χ4v) is 14.3. The van der Waals surface area contributed by atoms with Crippen molar-refractivity contribution in [3.63, 3.8) is 0 Å². The fourth-order valence-electron chi connectivity index (χ4n) is 12.1. The smallest absolute Gasteiger partial charge is 0.426 e. The van der Waals surface area contributed by atoms with Crippen molar-refractivity contribution in [2.45, 2.75) is 182 Å². The minimum atomic E-state index is -2.29. The molecular formula is C78H92O6P2. The second-order valence-electron chi connectivity index (χ2n) is 30.0. The molecule has 0 saturated carbocycles. The molecule has 0 N–H and O–H groups in total. The van der Waals surface area contributed by atoms with Crippen molar-refractivity contribution in [3.8, 4) is 22.6 Å². The Morgan fingerprint density at radius 3 is 0.860 bits per heavy atom. The van der Waals surface area contributed by atoms with Crippen molar-refractivity contribution < 1.29 is 26.5 Å². The molecule has 0 unspecified atom stereocenters. The first-order chi connectivity index (χ1) is 40.2. The van der Waals surface area contributed by atoms with E-state index in [0.717, 1.165) is 66.4 Å². The van der Waals surface area contributed by atoms with E-state index in [2.05, 4.69) is 308 Å². The number of hydrogen-bond donors (Lipinski definition) is 0. The molecule has 8 aromatic carbocycles. The molecule has 0 aliphatic carbocycles. The van der Waals surface area contributed by atoms with E-state index in [1.807, 2.05) is 0 Å². The van der Waals surface area contributed by atoms with Crippen molar-refractivity contribution in [1.29, 1.82) is 0 Å². The van der Waals surface area contributed by atoms with Gasteiger partial charge in [0.1, 0.15) is 22.7 Å². The fraction of sp³-hybridized carbons (Fsp3) is 0.385. The monoisotopic (exact) mass is 1190 g/mol. The number of benzene rings is 8. The van der Waals surface area contributed by atoms with Crippen LogP contribution in [0.5, 0.6) is 11.5 Å². The second-order valence-corrected chi connectivity index (χ2v) is 32.2. The zero-order chi connectivity index (χ0) is 62.2. The Morgan fingerprint density at radius 1 is 0.302 bits per heavy atom. The minimum absolute atomic E-state index is 0.379. The molecule has 0 bridgehead atoms. The molecule has 1 aliphatic rings. The Morgan fingerprint density at radius 2 is 0.570 bits per heavy atom. The van der Waals surface area contributed by atoms with Gasteiger partial charge in [0.05, 0.1) is 13.2 Å². The van der Waals surface area contributed by atoms with E-state index in [9.17, 15) is 0 Å². The third-order valence-corrected chi connectivity index (χ3v) is 20.3. The Kier molecular flexibility index (Phi) is 16.7. The molecule has 450 valence electrons. The van der Waals surface area contributed by atoms with Crippen LogP contribution < -0.4 is 9.05 Å². The summed E-state index contributed by atoms with van der Waals surface area (Å²) in [4.78, 5) is 0. The van der Waals surface area contributed by atoms with Gasteiger partial charge in [-0.2, -0.15) is 0 Å². The van der Waals surface area contributed by atoms with Crippen LogP contribution in [0.1, 0.15) is 205 Å². The maximum atomic E-state index is 8.00. The Labute approximate surface area is 516 Å². The molecule has 8 heteroatoms. The zero-order valence-corrected chi connectivity index (χ0v) is 56.7. The van der Waals surface area contributed by atoms with E-state index in [1.165, 1.54) is 33.4 Å².